The number of anilines is 1. The molecule has 1 aliphatic rings. The fraction of sp³-hybridized carbons (Fsp3) is 0.259. The summed E-state index contributed by atoms with van der Waals surface area (Å²) in [4.78, 5) is 36.9. The molecule has 1 aliphatic heterocycles. The van der Waals surface area contributed by atoms with Gasteiger partial charge in [0.25, 0.3) is 5.78 Å². The van der Waals surface area contributed by atoms with E-state index in [-0.39, 0.29) is 11.3 Å². The molecule has 0 radical (unpaired) electrons. The average Bonchev–Trinajstić information content (AvgIpc) is 3.60. The van der Waals surface area contributed by atoms with Gasteiger partial charge < -0.3 is 14.6 Å². The largest absolute Gasteiger partial charge is 0.505 e. The number of benzene rings is 1. The number of nitrogens with zero attached hydrogens (tertiary/aromatic N) is 4. The summed E-state index contributed by atoms with van der Waals surface area (Å²) < 4.78 is 13.1. The number of carbonyl (C=O) groups excluding carboxylic acids is 2. The number of unbranched alkanes of at least 4 members (excludes halogenated alkanes) is 1. The van der Waals surface area contributed by atoms with E-state index in [0.29, 0.717) is 45.8 Å². The summed E-state index contributed by atoms with van der Waals surface area (Å²) in [5.41, 5.74) is 2.02. The third-order valence-corrected chi connectivity index (χ3v) is 7.03. The van der Waals surface area contributed by atoms with E-state index >= 15 is 0 Å². The van der Waals surface area contributed by atoms with Crippen LogP contribution in [0.4, 0.5) is 5.13 Å². The molecule has 1 N–H and O–H groups in total. The van der Waals surface area contributed by atoms with Gasteiger partial charge in [-0.05, 0) is 43.2 Å². The van der Waals surface area contributed by atoms with Crippen LogP contribution in [0.25, 0.3) is 11.4 Å². The Morgan fingerprint density at radius 3 is 2.76 bits per heavy atom. The first-order valence-corrected chi connectivity index (χ1v) is 12.8. The Morgan fingerprint density at radius 2 is 2.03 bits per heavy atom. The van der Waals surface area contributed by atoms with Crippen molar-refractivity contribution in [1.82, 2.24) is 14.4 Å². The molecule has 37 heavy (non-hydrogen) atoms. The number of ether oxygens (including phenoxy) is 2. The van der Waals surface area contributed by atoms with Gasteiger partial charge in [-0.1, -0.05) is 25.5 Å². The Balaban J connectivity index is 1.70. The molecular weight excluding hydrogens is 492 g/mol. The molecule has 0 bridgehead atoms. The second-order valence-electron chi connectivity index (χ2n) is 8.57. The van der Waals surface area contributed by atoms with Gasteiger partial charge in [0.15, 0.2) is 22.4 Å². The third kappa shape index (κ3) is 4.23. The molecule has 1 fully saturated rings. The van der Waals surface area contributed by atoms with Crippen LogP contribution in [0.5, 0.6) is 11.5 Å². The number of Topliss-reactive ketones (excluding diaryl/α,β-unsaturated/α-hetero) is 1. The molecular formula is C27H26N4O5S. The molecule has 4 heterocycles. The molecule has 1 aromatic carbocycles. The molecule has 4 aromatic rings. The van der Waals surface area contributed by atoms with Gasteiger partial charge in [-0.2, -0.15) is 0 Å². The predicted molar refractivity (Wildman–Crippen MR) is 140 cm³/mol. The third-order valence-electron chi connectivity index (χ3n) is 6.26. The molecule has 9 nitrogen and oxygen atoms in total. The van der Waals surface area contributed by atoms with E-state index in [1.165, 1.54) is 23.3 Å². The maximum absolute atomic E-state index is 13.5. The van der Waals surface area contributed by atoms with E-state index in [4.69, 9.17) is 9.47 Å². The first-order valence-electron chi connectivity index (χ1n) is 11.9. The first kappa shape index (κ1) is 24.5. The fourth-order valence-corrected chi connectivity index (χ4v) is 5.17. The van der Waals surface area contributed by atoms with Crippen LogP contribution in [0.1, 0.15) is 42.8 Å². The number of imidazole rings is 1. The predicted octanol–water partition coefficient (Wildman–Crippen LogP) is 4.91. The number of aliphatic hydroxyl groups excluding tert-OH is 1. The zero-order chi connectivity index (χ0) is 26.1. The summed E-state index contributed by atoms with van der Waals surface area (Å²) >= 11 is 1.23. The smallest absolute Gasteiger partial charge is 0.301 e. The Kier molecular flexibility index (Phi) is 6.66. The average molecular weight is 519 g/mol. The van der Waals surface area contributed by atoms with Crippen molar-refractivity contribution in [3.63, 3.8) is 0 Å². The maximum Gasteiger partial charge on any atom is 0.301 e. The van der Waals surface area contributed by atoms with E-state index in [1.807, 2.05) is 6.07 Å². The minimum atomic E-state index is -0.932. The van der Waals surface area contributed by atoms with E-state index < -0.39 is 17.7 Å². The summed E-state index contributed by atoms with van der Waals surface area (Å²) in [6.45, 7) is 4.37. The van der Waals surface area contributed by atoms with Crippen LogP contribution in [0, 0.1) is 6.92 Å². The van der Waals surface area contributed by atoms with Crippen LogP contribution in [0.2, 0.25) is 0 Å². The highest BCUT2D eigenvalue weighted by Gasteiger charge is 2.48. The number of thiazole rings is 1. The van der Waals surface area contributed by atoms with Gasteiger partial charge in [0.1, 0.15) is 11.3 Å². The molecule has 0 aliphatic carbocycles. The molecule has 0 spiro atoms. The van der Waals surface area contributed by atoms with Gasteiger partial charge in [-0.25, -0.2) is 9.97 Å². The van der Waals surface area contributed by atoms with Crippen molar-refractivity contribution in [3.05, 3.63) is 76.7 Å². The quantitative estimate of drug-likeness (QED) is 0.153. The number of hydrogen-bond donors (Lipinski definition) is 1. The molecule has 5 rings (SSSR count). The van der Waals surface area contributed by atoms with Gasteiger partial charge in [-0.15, -0.1) is 11.3 Å². The van der Waals surface area contributed by atoms with Crippen molar-refractivity contribution in [3.8, 4) is 11.5 Å². The van der Waals surface area contributed by atoms with Crippen molar-refractivity contribution in [2.75, 3.05) is 18.6 Å². The van der Waals surface area contributed by atoms with E-state index in [0.717, 1.165) is 12.8 Å². The van der Waals surface area contributed by atoms with Crippen molar-refractivity contribution in [2.45, 2.75) is 32.7 Å². The molecule has 190 valence electrons. The molecule has 1 amide bonds. The highest BCUT2D eigenvalue weighted by atomic mass is 32.1. The molecule has 0 saturated carbocycles. The fourth-order valence-electron chi connectivity index (χ4n) is 4.51. The van der Waals surface area contributed by atoms with Crippen LogP contribution in [0.15, 0.2) is 59.7 Å². The number of aryl methyl sites for hydroxylation is 1. The summed E-state index contributed by atoms with van der Waals surface area (Å²) in [6, 6.07) is 9.77. The van der Waals surface area contributed by atoms with E-state index in [1.54, 1.807) is 59.4 Å². The number of pyridine rings is 1. The minimum Gasteiger partial charge on any atom is -0.505 e. The second kappa shape index (κ2) is 10.1. The van der Waals surface area contributed by atoms with Crippen LogP contribution < -0.4 is 14.4 Å². The van der Waals surface area contributed by atoms with Gasteiger partial charge in [0, 0.05) is 17.8 Å². The van der Waals surface area contributed by atoms with Gasteiger partial charge >= 0.3 is 5.91 Å². The van der Waals surface area contributed by atoms with Crippen LogP contribution >= 0.6 is 11.3 Å². The molecule has 1 unspecified atom stereocenters. The van der Waals surface area contributed by atoms with Crippen LogP contribution in [0.3, 0.4) is 0 Å². The number of aliphatic hydroxyl groups is 1. The summed E-state index contributed by atoms with van der Waals surface area (Å²) in [5.74, 6) is -0.853. The van der Waals surface area contributed by atoms with Crippen molar-refractivity contribution in [1.29, 1.82) is 0 Å². The van der Waals surface area contributed by atoms with Crippen molar-refractivity contribution < 1.29 is 24.2 Å². The number of amides is 1. The number of ketones is 1. The number of aromatic nitrogens is 3. The topological polar surface area (TPSA) is 106 Å². The Labute approximate surface area is 217 Å². The standard InChI is InChI=1S/C27H26N4O5S/c1-4-5-13-36-18-10-9-17(15-19(18)35-3)23-21(25(33)26(34)31(23)27-28-11-14-37-27)24(32)22-16(2)29-20-8-6-7-12-30(20)22/h6-12,14-15,23,32H,4-5,13H2,1-3H3. The molecule has 1 atom stereocenters. The lowest BCUT2D eigenvalue weighted by Gasteiger charge is -2.24. The van der Waals surface area contributed by atoms with E-state index in [9.17, 15) is 14.7 Å². The first-order chi connectivity index (χ1) is 18.0. The lowest BCUT2D eigenvalue weighted by Crippen LogP contribution is -2.29. The van der Waals surface area contributed by atoms with Crippen LogP contribution in [-0.4, -0.2) is 44.9 Å². The Bertz CT molecular complexity index is 1510. The van der Waals surface area contributed by atoms with Gasteiger partial charge in [0.2, 0.25) is 0 Å². The lowest BCUT2D eigenvalue weighted by atomic mass is 9.96. The maximum atomic E-state index is 13.5. The SMILES string of the molecule is CCCCOc1ccc(C2C(=C(O)c3c(C)nc4ccccn34)C(=O)C(=O)N2c2nccs2)cc1OC. The van der Waals surface area contributed by atoms with Gasteiger partial charge in [0.05, 0.1) is 31.0 Å². The van der Waals surface area contributed by atoms with Crippen LogP contribution in [-0.2, 0) is 9.59 Å². The molecule has 10 heteroatoms. The monoisotopic (exact) mass is 518 g/mol. The minimum absolute atomic E-state index is 0.0457. The summed E-state index contributed by atoms with van der Waals surface area (Å²) in [7, 11) is 1.53. The number of methoxy groups -OCH3 is 1. The summed E-state index contributed by atoms with van der Waals surface area (Å²) in [5, 5.41) is 13.7. The Morgan fingerprint density at radius 1 is 1.19 bits per heavy atom. The van der Waals surface area contributed by atoms with Crippen molar-refractivity contribution in [2.24, 2.45) is 0 Å². The summed E-state index contributed by atoms with van der Waals surface area (Å²) in [6.07, 6.45) is 5.21. The Hall–Kier alpha value is -4.18. The number of carbonyl (C=O) groups is 2. The zero-order valence-corrected chi connectivity index (χ0v) is 21.5. The van der Waals surface area contributed by atoms with E-state index in [2.05, 4.69) is 16.9 Å². The highest BCUT2D eigenvalue weighted by Crippen LogP contribution is 2.44. The lowest BCUT2D eigenvalue weighted by molar-refractivity contribution is -0.132. The normalized spacial score (nSPS) is 17.1. The zero-order valence-electron chi connectivity index (χ0n) is 20.7. The number of rotatable bonds is 8. The molecule has 1 saturated heterocycles. The molecule has 3 aromatic heterocycles. The van der Waals surface area contributed by atoms with Gasteiger partial charge in [-0.3, -0.25) is 18.9 Å². The number of fused-ring (bicyclic) bond motifs is 1. The highest BCUT2D eigenvalue weighted by molar-refractivity contribution is 7.14. The second-order valence-corrected chi connectivity index (χ2v) is 9.44. The number of hydrogen-bond acceptors (Lipinski definition) is 8. The van der Waals surface area contributed by atoms with Crippen molar-refractivity contribution >= 4 is 39.6 Å².